The second kappa shape index (κ2) is 8.06. The average molecular weight is 252 g/mol. The number of carbonyl (C=O) groups is 1. The van der Waals surface area contributed by atoms with Crippen molar-refractivity contribution in [3.8, 4) is 0 Å². The quantitative estimate of drug-likeness (QED) is 0.593. The minimum atomic E-state index is -0.0410. The van der Waals surface area contributed by atoms with Crippen molar-refractivity contribution in [2.75, 3.05) is 26.3 Å². The van der Waals surface area contributed by atoms with E-state index in [1.165, 1.54) is 0 Å². The van der Waals surface area contributed by atoms with Gasteiger partial charge in [-0.1, -0.05) is 18.2 Å². The highest BCUT2D eigenvalue weighted by Gasteiger charge is 2.22. The first kappa shape index (κ1) is 14.9. The SMILES string of the molecule is CC=CC=CC(=O)NC(C)C(C)N1CCOCC1. The molecule has 0 aromatic heterocycles. The molecule has 1 heterocycles. The molecule has 0 bridgehead atoms. The Labute approximate surface area is 110 Å². The maximum absolute atomic E-state index is 11.6. The fourth-order valence-corrected chi connectivity index (χ4v) is 1.95. The molecule has 0 saturated carbocycles. The normalized spacial score (nSPS) is 21.3. The molecule has 1 N–H and O–H groups in total. The van der Waals surface area contributed by atoms with Gasteiger partial charge in [0.25, 0.3) is 0 Å². The first-order chi connectivity index (χ1) is 8.65. The number of hydrogen-bond acceptors (Lipinski definition) is 3. The van der Waals surface area contributed by atoms with Crippen LogP contribution in [0.1, 0.15) is 20.8 Å². The summed E-state index contributed by atoms with van der Waals surface area (Å²) < 4.78 is 5.33. The summed E-state index contributed by atoms with van der Waals surface area (Å²) in [5.41, 5.74) is 0. The second-order valence-electron chi connectivity index (χ2n) is 4.57. The molecule has 1 rings (SSSR count). The van der Waals surface area contributed by atoms with E-state index in [4.69, 9.17) is 4.74 Å². The van der Waals surface area contributed by atoms with Crippen LogP contribution >= 0.6 is 0 Å². The minimum absolute atomic E-state index is 0.0410. The van der Waals surface area contributed by atoms with Crippen LogP contribution in [0.25, 0.3) is 0 Å². The summed E-state index contributed by atoms with van der Waals surface area (Å²) in [5.74, 6) is -0.0410. The molecule has 102 valence electrons. The molecular weight excluding hydrogens is 228 g/mol. The highest BCUT2D eigenvalue weighted by Crippen LogP contribution is 2.07. The van der Waals surface area contributed by atoms with Gasteiger partial charge in [-0.15, -0.1) is 0 Å². The van der Waals surface area contributed by atoms with Gasteiger partial charge in [0, 0.05) is 31.2 Å². The molecule has 0 aromatic rings. The van der Waals surface area contributed by atoms with Crippen LogP contribution in [0.4, 0.5) is 0 Å². The summed E-state index contributed by atoms with van der Waals surface area (Å²) in [6.45, 7) is 9.56. The number of allylic oxidation sites excluding steroid dienone is 3. The van der Waals surface area contributed by atoms with E-state index in [2.05, 4.69) is 17.1 Å². The first-order valence-electron chi connectivity index (χ1n) is 6.56. The number of nitrogens with one attached hydrogen (secondary N) is 1. The third-order valence-electron chi connectivity index (χ3n) is 3.27. The van der Waals surface area contributed by atoms with Crippen LogP contribution < -0.4 is 5.32 Å². The Morgan fingerprint density at radius 1 is 1.28 bits per heavy atom. The number of ether oxygens (including phenoxy) is 1. The lowest BCUT2D eigenvalue weighted by atomic mass is 10.1. The molecule has 0 aromatic carbocycles. The lowest BCUT2D eigenvalue weighted by molar-refractivity contribution is -0.117. The molecule has 18 heavy (non-hydrogen) atoms. The van der Waals surface area contributed by atoms with Gasteiger partial charge >= 0.3 is 0 Å². The van der Waals surface area contributed by atoms with Crippen LogP contribution in [0.15, 0.2) is 24.3 Å². The molecule has 4 nitrogen and oxygen atoms in total. The van der Waals surface area contributed by atoms with Crippen molar-refractivity contribution in [3.05, 3.63) is 24.3 Å². The van der Waals surface area contributed by atoms with E-state index in [-0.39, 0.29) is 11.9 Å². The van der Waals surface area contributed by atoms with Crippen LogP contribution in [0.2, 0.25) is 0 Å². The Kier molecular flexibility index (Phi) is 6.68. The van der Waals surface area contributed by atoms with Gasteiger partial charge in [0.05, 0.1) is 13.2 Å². The molecule has 0 spiro atoms. The fourth-order valence-electron chi connectivity index (χ4n) is 1.95. The van der Waals surface area contributed by atoms with Crippen molar-refractivity contribution in [3.63, 3.8) is 0 Å². The number of morpholine rings is 1. The monoisotopic (exact) mass is 252 g/mol. The van der Waals surface area contributed by atoms with Gasteiger partial charge < -0.3 is 10.1 Å². The molecule has 1 aliphatic rings. The Balaban J connectivity index is 2.38. The Hall–Kier alpha value is -1.13. The van der Waals surface area contributed by atoms with Gasteiger partial charge in [0.2, 0.25) is 5.91 Å². The predicted molar refractivity (Wildman–Crippen MR) is 73.4 cm³/mol. The Morgan fingerprint density at radius 3 is 2.56 bits per heavy atom. The van der Waals surface area contributed by atoms with Crippen LogP contribution in [0.5, 0.6) is 0 Å². The van der Waals surface area contributed by atoms with Crippen molar-refractivity contribution in [2.45, 2.75) is 32.9 Å². The smallest absolute Gasteiger partial charge is 0.244 e. The third-order valence-corrected chi connectivity index (χ3v) is 3.27. The van der Waals surface area contributed by atoms with E-state index >= 15 is 0 Å². The number of carbonyl (C=O) groups excluding carboxylic acids is 1. The van der Waals surface area contributed by atoms with E-state index in [0.29, 0.717) is 6.04 Å². The van der Waals surface area contributed by atoms with E-state index < -0.39 is 0 Å². The molecule has 1 fully saturated rings. The molecule has 2 unspecified atom stereocenters. The standard InChI is InChI=1S/C14H24N2O2/c1-4-5-6-7-14(17)15-12(2)13(3)16-8-10-18-11-9-16/h4-7,12-13H,8-11H2,1-3H3,(H,15,17). The van der Waals surface area contributed by atoms with Gasteiger partial charge in [-0.2, -0.15) is 0 Å². The minimum Gasteiger partial charge on any atom is -0.379 e. The lowest BCUT2D eigenvalue weighted by Gasteiger charge is -2.35. The maximum Gasteiger partial charge on any atom is 0.244 e. The zero-order chi connectivity index (χ0) is 13.4. The fraction of sp³-hybridized carbons (Fsp3) is 0.643. The molecule has 1 aliphatic heterocycles. The zero-order valence-electron chi connectivity index (χ0n) is 11.6. The maximum atomic E-state index is 11.6. The van der Waals surface area contributed by atoms with Crippen molar-refractivity contribution in [1.29, 1.82) is 0 Å². The number of rotatable bonds is 5. The summed E-state index contributed by atoms with van der Waals surface area (Å²) in [7, 11) is 0. The van der Waals surface area contributed by atoms with Crippen molar-refractivity contribution < 1.29 is 9.53 Å². The lowest BCUT2D eigenvalue weighted by Crippen LogP contribution is -2.51. The summed E-state index contributed by atoms with van der Waals surface area (Å²) in [5, 5.41) is 2.99. The topological polar surface area (TPSA) is 41.6 Å². The summed E-state index contributed by atoms with van der Waals surface area (Å²) in [4.78, 5) is 14.0. The molecule has 1 amide bonds. The molecule has 1 saturated heterocycles. The number of amides is 1. The van der Waals surface area contributed by atoms with Gasteiger partial charge in [-0.3, -0.25) is 9.69 Å². The van der Waals surface area contributed by atoms with Crippen molar-refractivity contribution >= 4 is 5.91 Å². The van der Waals surface area contributed by atoms with Gasteiger partial charge in [0.15, 0.2) is 0 Å². The van der Waals surface area contributed by atoms with E-state index in [9.17, 15) is 4.79 Å². The summed E-state index contributed by atoms with van der Waals surface area (Å²) in [6.07, 6.45) is 7.04. The molecule has 4 heteroatoms. The first-order valence-corrected chi connectivity index (χ1v) is 6.56. The largest absolute Gasteiger partial charge is 0.379 e. The van der Waals surface area contributed by atoms with Crippen LogP contribution in [-0.2, 0) is 9.53 Å². The van der Waals surface area contributed by atoms with E-state index in [1.807, 2.05) is 26.0 Å². The summed E-state index contributed by atoms with van der Waals surface area (Å²) >= 11 is 0. The van der Waals surface area contributed by atoms with Crippen LogP contribution in [-0.4, -0.2) is 49.2 Å². The molecule has 0 aliphatic carbocycles. The van der Waals surface area contributed by atoms with Gasteiger partial charge in [0.1, 0.15) is 0 Å². The highest BCUT2D eigenvalue weighted by atomic mass is 16.5. The Bertz CT molecular complexity index is 307. The van der Waals surface area contributed by atoms with E-state index in [1.54, 1.807) is 12.2 Å². The molecular formula is C14H24N2O2. The summed E-state index contributed by atoms with van der Waals surface area (Å²) in [6, 6.07) is 0.457. The van der Waals surface area contributed by atoms with Crippen LogP contribution in [0.3, 0.4) is 0 Å². The van der Waals surface area contributed by atoms with Crippen molar-refractivity contribution in [1.82, 2.24) is 10.2 Å². The predicted octanol–water partition coefficient (Wildman–Crippen LogP) is 1.34. The van der Waals surface area contributed by atoms with Gasteiger partial charge in [-0.05, 0) is 20.8 Å². The van der Waals surface area contributed by atoms with Crippen molar-refractivity contribution in [2.24, 2.45) is 0 Å². The highest BCUT2D eigenvalue weighted by molar-refractivity contribution is 5.87. The molecule has 2 atom stereocenters. The van der Waals surface area contributed by atoms with Crippen LogP contribution in [0, 0.1) is 0 Å². The zero-order valence-corrected chi connectivity index (χ0v) is 11.6. The number of nitrogens with zero attached hydrogens (tertiary/aromatic N) is 1. The number of hydrogen-bond donors (Lipinski definition) is 1. The molecule has 0 radical (unpaired) electrons. The third kappa shape index (κ3) is 5.02. The Morgan fingerprint density at radius 2 is 1.94 bits per heavy atom. The van der Waals surface area contributed by atoms with Gasteiger partial charge in [-0.25, -0.2) is 0 Å². The van der Waals surface area contributed by atoms with E-state index in [0.717, 1.165) is 26.3 Å². The second-order valence-corrected chi connectivity index (χ2v) is 4.57. The average Bonchev–Trinajstić information content (AvgIpc) is 2.39.